The van der Waals surface area contributed by atoms with Gasteiger partial charge in [0.2, 0.25) is 10.0 Å². The average Bonchev–Trinajstić information content (AvgIpc) is 3.26. The van der Waals surface area contributed by atoms with Gasteiger partial charge in [0.25, 0.3) is 0 Å². The van der Waals surface area contributed by atoms with Crippen LogP contribution in [0.25, 0.3) is 0 Å². The Kier molecular flexibility index (Phi) is 4.25. The van der Waals surface area contributed by atoms with Gasteiger partial charge in [-0.3, -0.25) is 4.68 Å². The summed E-state index contributed by atoms with van der Waals surface area (Å²) in [6.45, 7) is 4.05. The molecule has 1 aromatic carbocycles. The van der Waals surface area contributed by atoms with Crippen LogP contribution in [0, 0.1) is 13.8 Å². The van der Waals surface area contributed by atoms with Gasteiger partial charge in [0.05, 0.1) is 5.69 Å². The van der Waals surface area contributed by atoms with Crippen LogP contribution in [0.15, 0.2) is 29.2 Å². The van der Waals surface area contributed by atoms with Crippen molar-refractivity contribution in [2.75, 3.05) is 0 Å². The molecular formula is C16H20ClN3O2S. The second-order valence-corrected chi connectivity index (χ2v) is 8.28. The van der Waals surface area contributed by atoms with Gasteiger partial charge in [0.15, 0.2) is 0 Å². The molecule has 1 aliphatic carbocycles. The number of halogens is 1. The predicted octanol–water partition coefficient (Wildman–Crippen LogP) is 3.04. The Morgan fingerprint density at radius 1 is 1.26 bits per heavy atom. The van der Waals surface area contributed by atoms with Crippen LogP contribution in [-0.2, 0) is 23.6 Å². The minimum absolute atomic E-state index is 0.0528. The fourth-order valence-electron chi connectivity index (χ4n) is 2.67. The summed E-state index contributed by atoms with van der Waals surface area (Å²) in [7, 11) is -2.02. The van der Waals surface area contributed by atoms with Gasteiger partial charge in [-0.15, -0.1) is 0 Å². The Morgan fingerprint density at radius 2 is 1.87 bits per heavy atom. The minimum Gasteiger partial charge on any atom is -0.255 e. The van der Waals surface area contributed by atoms with Crippen LogP contribution in [-0.4, -0.2) is 28.5 Å². The zero-order chi connectivity index (χ0) is 16.8. The number of sulfonamides is 1. The number of benzene rings is 1. The number of hydrogen-bond acceptors (Lipinski definition) is 3. The Bertz CT molecular complexity index is 824. The molecule has 0 atom stereocenters. The molecule has 23 heavy (non-hydrogen) atoms. The summed E-state index contributed by atoms with van der Waals surface area (Å²) >= 11 is 6.19. The first kappa shape index (κ1) is 16.5. The van der Waals surface area contributed by atoms with Gasteiger partial charge in [-0.2, -0.15) is 9.40 Å². The normalized spacial score (nSPS) is 15.3. The maximum absolute atomic E-state index is 13.1. The van der Waals surface area contributed by atoms with Crippen molar-refractivity contribution < 1.29 is 8.42 Å². The summed E-state index contributed by atoms with van der Waals surface area (Å²) in [5, 5.41) is 4.30. The van der Waals surface area contributed by atoms with Crippen molar-refractivity contribution in [2.45, 2.75) is 44.2 Å². The third kappa shape index (κ3) is 3.16. The number of aryl methyl sites for hydroxylation is 3. The number of rotatable bonds is 5. The van der Waals surface area contributed by atoms with Crippen LogP contribution in [0.5, 0.6) is 0 Å². The summed E-state index contributed by atoms with van der Waals surface area (Å²) < 4.78 is 29.2. The SMILES string of the molecule is Cc1ccc(CN(C2CC2)S(=O)(=O)c2c(C)nn(C)c2Cl)cc1. The van der Waals surface area contributed by atoms with Crippen molar-refractivity contribution in [1.82, 2.24) is 14.1 Å². The molecule has 1 aliphatic rings. The summed E-state index contributed by atoms with van der Waals surface area (Å²) in [6.07, 6.45) is 1.78. The number of aromatic nitrogens is 2. The van der Waals surface area contributed by atoms with E-state index >= 15 is 0 Å². The quantitative estimate of drug-likeness (QED) is 0.830. The van der Waals surface area contributed by atoms with Crippen LogP contribution in [0.3, 0.4) is 0 Å². The van der Waals surface area contributed by atoms with Crippen molar-refractivity contribution in [3.63, 3.8) is 0 Å². The average molecular weight is 354 g/mol. The van der Waals surface area contributed by atoms with Crippen LogP contribution in [0.1, 0.15) is 29.7 Å². The van der Waals surface area contributed by atoms with E-state index in [-0.39, 0.29) is 16.1 Å². The van der Waals surface area contributed by atoms with E-state index in [4.69, 9.17) is 11.6 Å². The Labute approximate surface area is 141 Å². The molecule has 3 rings (SSSR count). The topological polar surface area (TPSA) is 55.2 Å². The lowest BCUT2D eigenvalue weighted by Gasteiger charge is -2.22. The van der Waals surface area contributed by atoms with Gasteiger partial charge in [-0.25, -0.2) is 8.42 Å². The second-order valence-electron chi connectivity index (χ2n) is 6.10. The Balaban J connectivity index is 1.98. The van der Waals surface area contributed by atoms with Gasteiger partial charge < -0.3 is 0 Å². The zero-order valence-electron chi connectivity index (χ0n) is 13.5. The molecule has 0 radical (unpaired) electrons. The van der Waals surface area contributed by atoms with Crippen LogP contribution >= 0.6 is 11.6 Å². The highest BCUT2D eigenvalue weighted by atomic mass is 35.5. The van der Waals surface area contributed by atoms with Crippen LogP contribution < -0.4 is 0 Å². The third-order valence-electron chi connectivity index (χ3n) is 4.08. The molecule has 1 heterocycles. The Hall–Kier alpha value is -1.37. The summed E-state index contributed by atoms with van der Waals surface area (Å²) in [5.74, 6) is 0. The molecule has 1 fully saturated rings. The van der Waals surface area contributed by atoms with E-state index in [2.05, 4.69) is 5.10 Å². The molecule has 5 nitrogen and oxygen atoms in total. The lowest BCUT2D eigenvalue weighted by molar-refractivity contribution is 0.398. The van der Waals surface area contributed by atoms with Crippen LogP contribution in [0.4, 0.5) is 0 Å². The van der Waals surface area contributed by atoms with Gasteiger partial charge >= 0.3 is 0 Å². The first-order valence-corrected chi connectivity index (χ1v) is 9.39. The molecule has 0 aliphatic heterocycles. The first-order valence-electron chi connectivity index (χ1n) is 7.57. The summed E-state index contributed by atoms with van der Waals surface area (Å²) in [5.41, 5.74) is 2.57. The largest absolute Gasteiger partial charge is 0.255 e. The molecule has 1 saturated carbocycles. The number of hydrogen-bond donors (Lipinski definition) is 0. The highest BCUT2D eigenvalue weighted by Crippen LogP contribution is 2.36. The summed E-state index contributed by atoms with van der Waals surface area (Å²) in [6, 6.07) is 7.98. The summed E-state index contributed by atoms with van der Waals surface area (Å²) in [4.78, 5) is 0.126. The Morgan fingerprint density at radius 3 is 2.35 bits per heavy atom. The molecule has 0 bridgehead atoms. The molecule has 124 valence electrons. The molecule has 2 aromatic rings. The molecule has 1 aromatic heterocycles. The van der Waals surface area contributed by atoms with Crippen molar-refractivity contribution in [1.29, 1.82) is 0 Å². The standard InChI is InChI=1S/C16H20ClN3O2S/c1-11-4-6-13(7-5-11)10-20(14-8-9-14)23(21,22)15-12(2)18-19(3)16(15)17/h4-7,14H,8-10H2,1-3H3. The van der Waals surface area contributed by atoms with E-state index in [0.717, 1.165) is 24.0 Å². The molecule has 7 heteroatoms. The van der Waals surface area contributed by atoms with E-state index < -0.39 is 10.0 Å². The lowest BCUT2D eigenvalue weighted by atomic mass is 10.1. The van der Waals surface area contributed by atoms with Gasteiger partial charge in [0, 0.05) is 19.6 Å². The van der Waals surface area contributed by atoms with Crippen molar-refractivity contribution in [3.05, 3.63) is 46.2 Å². The fourth-order valence-corrected chi connectivity index (χ4v) is 5.05. The highest BCUT2D eigenvalue weighted by molar-refractivity contribution is 7.89. The molecule has 0 unspecified atom stereocenters. The number of nitrogens with zero attached hydrogens (tertiary/aromatic N) is 3. The van der Waals surface area contributed by atoms with E-state index in [1.807, 2.05) is 31.2 Å². The minimum atomic E-state index is -3.67. The molecule has 0 saturated heterocycles. The fraction of sp³-hybridized carbons (Fsp3) is 0.438. The molecule has 0 spiro atoms. The molecule has 0 N–H and O–H groups in total. The second kappa shape index (κ2) is 5.92. The van der Waals surface area contributed by atoms with Crippen molar-refractivity contribution in [2.24, 2.45) is 7.05 Å². The maximum atomic E-state index is 13.1. The maximum Gasteiger partial charge on any atom is 0.248 e. The molecular weight excluding hydrogens is 334 g/mol. The molecule has 0 amide bonds. The van der Waals surface area contributed by atoms with Gasteiger partial charge in [-0.05, 0) is 32.3 Å². The van der Waals surface area contributed by atoms with Gasteiger partial charge in [-0.1, -0.05) is 41.4 Å². The zero-order valence-corrected chi connectivity index (χ0v) is 15.0. The van der Waals surface area contributed by atoms with E-state index in [0.29, 0.717) is 12.2 Å². The van der Waals surface area contributed by atoms with Crippen molar-refractivity contribution in [3.8, 4) is 0 Å². The monoisotopic (exact) mass is 353 g/mol. The lowest BCUT2D eigenvalue weighted by Crippen LogP contribution is -2.33. The first-order chi connectivity index (χ1) is 10.8. The van der Waals surface area contributed by atoms with Crippen molar-refractivity contribution >= 4 is 21.6 Å². The van der Waals surface area contributed by atoms with E-state index in [1.165, 1.54) is 4.68 Å². The van der Waals surface area contributed by atoms with Gasteiger partial charge in [0.1, 0.15) is 10.0 Å². The van der Waals surface area contributed by atoms with Crippen LogP contribution in [0.2, 0.25) is 5.15 Å². The van der Waals surface area contributed by atoms with E-state index in [1.54, 1.807) is 18.3 Å². The smallest absolute Gasteiger partial charge is 0.248 e. The predicted molar refractivity (Wildman–Crippen MR) is 89.9 cm³/mol. The highest BCUT2D eigenvalue weighted by Gasteiger charge is 2.40. The van der Waals surface area contributed by atoms with E-state index in [9.17, 15) is 8.42 Å². The third-order valence-corrected chi connectivity index (χ3v) is 6.67.